The number of carbonyl (C=O) groups is 2. The van der Waals surface area contributed by atoms with Crippen molar-refractivity contribution in [3.63, 3.8) is 0 Å². The third-order valence-corrected chi connectivity index (χ3v) is 6.33. The first-order chi connectivity index (χ1) is 15.3. The number of methoxy groups -OCH3 is 1. The fourth-order valence-electron chi connectivity index (χ4n) is 3.50. The summed E-state index contributed by atoms with van der Waals surface area (Å²) in [6.45, 7) is 1.36. The normalized spacial score (nSPS) is 12.1. The number of aromatic amines is 1. The van der Waals surface area contributed by atoms with E-state index in [1.54, 1.807) is 38.4 Å². The number of aromatic nitrogens is 3. The van der Waals surface area contributed by atoms with Crippen LogP contribution in [0.4, 0.5) is 0 Å². The van der Waals surface area contributed by atoms with Crippen LogP contribution in [0.1, 0.15) is 6.92 Å². The molecule has 4 rings (SSSR count). The van der Waals surface area contributed by atoms with Gasteiger partial charge in [0.2, 0.25) is 5.91 Å². The molecule has 0 saturated heterocycles. The van der Waals surface area contributed by atoms with Crippen LogP contribution in [0.15, 0.2) is 58.5 Å². The first-order valence-electron chi connectivity index (χ1n) is 9.88. The maximum atomic E-state index is 13.7. The highest BCUT2D eigenvalue weighted by atomic mass is 32.2. The van der Waals surface area contributed by atoms with Crippen molar-refractivity contribution in [2.75, 3.05) is 21.2 Å². The molecule has 2 heterocycles. The number of H-pyrrole nitrogens is 1. The van der Waals surface area contributed by atoms with E-state index in [-0.39, 0.29) is 22.4 Å². The van der Waals surface area contributed by atoms with Crippen LogP contribution in [-0.2, 0) is 9.59 Å². The van der Waals surface area contributed by atoms with Crippen molar-refractivity contribution in [3.8, 4) is 11.4 Å². The molecule has 0 spiro atoms. The van der Waals surface area contributed by atoms with E-state index in [0.717, 1.165) is 22.7 Å². The van der Waals surface area contributed by atoms with Crippen molar-refractivity contribution in [1.82, 2.24) is 19.4 Å². The van der Waals surface area contributed by atoms with Crippen molar-refractivity contribution in [2.24, 2.45) is 0 Å². The van der Waals surface area contributed by atoms with Gasteiger partial charge in [0.25, 0.3) is 5.56 Å². The Bertz CT molecular complexity index is 1410. The van der Waals surface area contributed by atoms with Crippen LogP contribution in [0.25, 0.3) is 27.6 Å². The fraction of sp³-hybridized carbons (Fsp3) is 0.217. The van der Waals surface area contributed by atoms with Crippen molar-refractivity contribution in [1.29, 1.82) is 0 Å². The van der Waals surface area contributed by atoms with E-state index in [2.05, 4.69) is 4.98 Å². The van der Waals surface area contributed by atoms with E-state index in [0.29, 0.717) is 22.5 Å². The average Bonchev–Trinajstić information content (AvgIpc) is 3.16. The maximum Gasteiger partial charge on any atom is 0.283 e. The molecule has 164 valence electrons. The number of ether oxygens (including phenoxy) is 1. The Morgan fingerprint density at radius 3 is 2.50 bits per heavy atom. The van der Waals surface area contributed by atoms with Crippen LogP contribution in [0.3, 0.4) is 0 Å². The molecule has 0 bridgehead atoms. The van der Waals surface area contributed by atoms with E-state index in [9.17, 15) is 14.4 Å². The second kappa shape index (κ2) is 8.51. The summed E-state index contributed by atoms with van der Waals surface area (Å²) in [4.78, 5) is 48.0. The van der Waals surface area contributed by atoms with Crippen LogP contribution in [-0.4, -0.2) is 57.6 Å². The lowest BCUT2D eigenvalue weighted by Crippen LogP contribution is -2.36. The topological polar surface area (TPSA) is 97.3 Å². The molecule has 0 aliphatic carbocycles. The second-order valence-corrected chi connectivity index (χ2v) is 8.51. The molecule has 2 aromatic carbocycles. The minimum Gasteiger partial charge on any atom is -0.495 e. The van der Waals surface area contributed by atoms with Gasteiger partial charge in [-0.25, -0.2) is 9.55 Å². The molecule has 8 nitrogen and oxygen atoms in total. The molecule has 0 fully saturated rings. The van der Waals surface area contributed by atoms with Gasteiger partial charge in [-0.15, -0.1) is 0 Å². The van der Waals surface area contributed by atoms with Crippen molar-refractivity contribution < 1.29 is 14.3 Å². The van der Waals surface area contributed by atoms with Gasteiger partial charge in [0.1, 0.15) is 22.0 Å². The largest absolute Gasteiger partial charge is 0.495 e. The number of para-hydroxylation sites is 3. The predicted molar refractivity (Wildman–Crippen MR) is 125 cm³/mol. The molecule has 9 heteroatoms. The molecule has 1 atom stereocenters. The number of Topliss-reactive ketones (excluding diaryl/α,β-unsaturated/α-hetero) is 1. The third-order valence-electron chi connectivity index (χ3n) is 5.08. The summed E-state index contributed by atoms with van der Waals surface area (Å²) < 4.78 is 6.86. The zero-order valence-electron chi connectivity index (χ0n) is 18.1. The van der Waals surface area contributed by atoms with Crippen LogP contribution in [0.2, 0.25) is 0 Å². The van der Waals surface area contributed by atoms with Gasteiger partial charge in [-0.05, 0) is 25.1 Å². The van der Waals surface area contributed by atoms with E-state index in [1.165, 1.54) is 23.5 Å². The highest BCUT2D eigenvalue weighted by molar-refractivity contribution is 8.01. The molecule has 0 aliphatic rings. The monoisotopic (exact) mass is 450 g/mol. The average molecular weight is 451 g/mol. The quantitative estimate of drug-likeness (QED) is 0.276. The summed E-state index contributed by atoms with van der Waals surface area (Å²) in [6.07, 6.45) is 0. The lowest BCUT2D eigenvalue weighted by atomic mass is 10.2. The summed E-state index contributed by atoms with van der Waals surface area (Å²) in [5.74, 6) is -0.233. The predicted octanol–water partition coefficient (Wildman–Crippen LogP) is 3.01. The summed E-state index contributed by atoms with van der Waals surface area (Å²) >= 11 is 0.957. The summed E-state index contributed by atoms with van der Waals surface area (Å²) in [5, 5.41) is -0.0281. The van der Waals surface area contributed by atoms with Gasteiger partial charge in [-0.2, -0.15) is 0 Å². The first kappa shape index (κ1) is 21.6. The SMILES string of the molecule is COc1ccccc1-n1c(SC(C(C)=O)C(=O)N(C)C)nc2c([nH]c3ccccc32)c1=O. The number of nitrogens with zero attached hydrogens (tertiary/aromatic N) is 3. The minimum absolute atomic E-state index is 0.229. The van der Waals surface area contributed by atoms with E-state index in [4.69, 9.17) is 9.72 Å². The number of thioether (sulfide) groups is 1. The summed E-state index contributed by atoms with van der Waals surface area (Å²) in [6, 6.07) is 14.5. The third kappa shape index (κ3) is 3.64. The smallest absolute Gasteiger partial charge is 0.283 e. The number of fused-ring (bicyclic) bond motifs is 3. The standard InChI is InChI=1S/C23H22N4O4S/c1-13(28)20(22(30)26(2)3)32-23-25-18-14-9-5-6-10-15(14)24-19(18)21(29)27(23)16-11-7-8-12-17(16)31-4/h5-12,20,24H,1-4H3. The number of ketones is 1. The van der Waals surface area contributed by atoms with E-state index in [1.807, 2.05) is 24.3 Å². The van der Waals surface area contributed by atoms with Crippen LogP contribution in [0.5, 0.6) is 5.75 Å². The molecule has 0 aliphatic heterocycles. The number of carbonyl (C=O) groups excluding carboxylic acids is 2. The van der Waals surface area contributed by atoms with Crippen LogP contribution >= 0.6 is 11.8 Å². The Balaban J connectivity index is 2.04. The Hall–Kier alpha value is -3.59. The van der Waals surface area contributed by atoms with Gasteiger partial charge >= 0.3 is 0 Å². The van der Waals surface area contributed by atoms with Crippen molar-refractivity contribution in [2.45, 2.75) is 17.3 Å². The Morgan fingerprint density at radius 2 is 1.81 bits per heavy atom. The molecule has 0 saturated carbocycles. The van der Waals surface area contributed by atoms with Gasteiger partial charge in [-0.1, -0.05) is 42.1 Å². The highest BCUT2D eigenvalue weighted by Crippen LogP contribution is 2.31. The fourth-order valence-corrected chi connectivity index (χ4v) is 4.61. The Labute approximate surface area is 188 Å². The highest BCUT2D eigenvalue weighted by Gasteiger charge is 2.30. The molecular formula is C23H22N4O4S. The molecule has 1 amide bonds. The van der Waals surface area contributed by atoms with E-state index < -0.39 is 5.25 Å². The lowest BCUT2D eigenvalue weighted by Gasteiger charge is -2.20. The minimum atomic E-state index is -1.04. The Kier molecular flexibility index (Phi) is 5.75. The maximum absolute atomic E-state index is 13.7. The van der Waals surface area contributed by atoms with Gasteiger partial charge in [0.05, 0.1) is 12.8 Å². The molecule has 4 aromatic rings. The second-order valence-electron chi connectivity index (χ2n) is 7.44. The van der Waals surface area contributed by atoms with Gasteiger partial charge in [0, 0.05) is 25.0 Å². The lowest BCUT2D eigenvalue weighted by molar-refractivity contribution is -0.132. The number of nitrogens with one attached hydrogen (secondary N) is 1. The number of hydrogen-bond acceptors (Lipinski definition) is 6. The zero-order valence-corrected chi connectivity index (χ0v) is 18.9. The number of benzene rings is 2. The Morgan fingerprint density at radius 1 is 1.12 bits per heavy atom. The molecule has 0 radical (unpaired) electrons. The van der Waals surface area contributed by atoms with Crippen LogP contribution in [0, 0.1) is 0 Å². The summed E-state index contributed by atoms with van der Waals surface area (Å²) in [7, 11) is 4.68. The van der Waals surface area contributed by atoms with Gasteiger partial charge < -0.3 is 14.6 Å². The molecule has 1 unspecified atom stereocenters. The molecular weight excluding hydrogens is 428 g/mol. The van der Waals surface area contributed by atoms with E-state index >= 15 is 0 Å². The number of amides is 1. The van der Waals surface area contributed by atoms with Crippen LogP contribution < -0.4 is 10.3 Å². The van der Waals surface area contributed by atoms with Crippen molar-refractivity contribution in [3.05, 3.63) is 58.9 Å². The number of rotatable bonds is 6. The molecule has 32 heavy (non-hydrogen) atoms. The van der Waals surface area contributed by atoms with Gasteiger partial charge in [0.15, 0.2) is 10.9 Å². The van der Waals surface area contributed by atoms with Crippen molar-refractivity contribution >= 4 is 45.4 Å². The number of hydrogen-bond donors (Lipinski definition) is 1. The molecule has 2 aromatic heterocycles. The van der Waals surface area contributed by atoms with Gasteiger partial charge in [-0.3, -0.25) is 14.4 Å². The molecule has 1 N–H and O–H groups in total. The summed E-state index contributed by atoms with van der Waals surface area (Å²) in [5.41, 5.74) is 1.71. The zero-order chi connectivity index (χ0) is 23.0. The first-order valence-corrected chi connectivity index (χ1v) is 10.8.